The Bertz CT molecular complexity index is 877. The number of amides is 2. The van der Waals surface area contributed by atoms with Crippen molar-refractivity contribution in [1.29, 1.82) is 0 Å². The zero-order valence-electron chi connectivity index (χ0n) is 14.5. The molecule has 2 amide bonds. The van der Waals surface area contributed by atoms with Crippen LogP contribution >= 0.6 is 11.3 Å². The third kappa shape index (κ3) is 4.71. The van der Waals surface area contributed by atoms with E-state index in [1.54, 1.807) is 0 Å². The minimum absolute atomic E-state index is 0.0621. The SMILES string of the molecule is NC(=O)c1c(NC(=O)COC(=O)Cc2ccc(F)cc2)sc2c1CCCC2. The van der Waals surface area contributed by atoms with E-state index in [1.807, 2.05) is 0 Å². The average molecular weight is 390 g/mol. The summed E-state index contributed by atoms with van der Waals surface area (Å²) in [4.78, 5) is 36.8. The number of ether oxygens (including phenoxy) is 1. The van der Waals surface area contributed by atoms with E-state index in [-0.39, 0.29) is 6.42 Å². The van der Waals surface area contributed by atoms with Crippen molar-refractivity contribution < 1.29 is 23.5 Å². The molecule has 0 atom stereocenters. The van der Waals surface area contributed by atoms with Gasteiger partial charge in [-0.2, -0.15) is 0 Å². The molecule has 1 heterocycles. The number of fused-ring (bicyclic) bond motifs is 1. The second-order valence-corrected chi connectivity index (χ2v) is 7.40. The van der Waals surface area contributed by atoms with Crippen molar-refractivity contribution in [2.75, 3.05) is 11.9 Å². The second-order valence-electron chi connectivity index (χ2n) is 6.29. The summed E-state index contributed by atoms with van der Waals surface area (Å²) in [5, 5.41) is 3.04. The van der Waals surface area contributed by atoms with Gasteiger partial charge in [-0.1, -0.05) is 12.1 Å². The summed E-state index contributed by atoms with van der Waals surface area (Å²) < 4.78 is 17.8. The number of rotatable bonds is 6. The van der Waals surface area contributed by atoms with Crippen molar-refractivity contribution in [3.63, 3.8) is 0 Å². The fourth-order valence-electron chi connectivity index (χ4n) is 3.04. The summed E-state index contributed by atoms with van der Waals surface area (Å²) in [6.45, 7) is -0.471. The van der Waals surface area contributed by atoms with E-state index >= 15 is 0 Å². The number of esters is 1. The van der Waals surface area contributed by atoms with Crippen molar-refractivity contribution in [2.24, 2.45) is 5.73 Å². The van der Waals surface area contributed by atoms with Crippen molar-refractivity contribution in [3.05, 3.63) is 51.7 Å². The Hall–Kier alpha value is -2.74. The number of benzene rings is 1. The monoisotopic (exact) mass is 390 g/mol. The standard InChI is InChI=1S/C19H19FN2O4S/c20-12-7-5-11(6-8-12)9-16(24)26-10-15(23)22-19-17(18(21)25)13-3-1-2-4-14(13)27-19/h5-8H,1-4,9-10H2,(H2,21,25)(H,22,23). The number of aryl methyl sites for hydroxylation is 1. The Balaban J connectivity index is 1.58. The quantitative estimate of drug-likeness (QED) is 0.741. The lowest BCUT2D eigenvalue weighted by Gasteiger charge is -2.11. The highest BCUT2D eigenvalue weighted by molar-refractivity contribution is 7.17. The molecule has 1 aliphatic rings. The van der Waals surface area contributed by atoms with Crippen LogP contribution in [-0.4, -0.2) is 24.4 Å². The lowest BCUT2D eigenvalue weighted by atomic mass is 9.95. The van der Waals surface area contributed by atoms with Gasteiger partial charge >= 0.3 is 5.97 Å². The van der Waals surface area contributed by atoms with Crippen LogP contribution in [0, 0.1) is 5.82 Å². The van der Waals surface area contributed by atoms with Gasteiger partial charge in [0.05, 0.1) is 12.0 Å². The number of hydrogen-bond donors (Lipinski definition) is 2. The fraction of sp³-hybridized carbons (Fsp3) is 0.316. The van der Waals surface area contributed by atoms with Gasteiger partial charge in [0.25, 0.3) is 11.8 Å². The predicted octanol–water partition coefficient (Wildman–Crippen LogP) is 2.59. The summed E-state index contributed by atoms with van der Waals surface area (Å²) in [5.41, 5.74) is 7.35. The number of nitrogens with one attached hydrogen (secondary N) is 1. The molecule has 1 aliphatic carbocycles. The number of anilines is 1. The van der Waals surface area contributed by atoms with Crippen LogP contribution in [0.3, 0.4) is 0 Å². The van der Waals surface area contributed by atoms with Crippen LogP contribution in [0.1, 0.15) is 39.2 Å². The van der Waals surface area contributed by atoms with Crippen LogP contribution in [0.2, 0.25) is 0 Å². The van der Waals surface area contributed by atoms with Gasteiger partial charge in [0, 0.05) is 4.88 Å². The average Bonchev–Trinajstić information content (AvgIpc) is 3.00. The minimum Gasteiger partial charge on any atom is -0.455 e. The Morgan fingerprint density at radius 3 is 2.56 bits per heavy atom. The molecule has 6 nitrogen and oxygen atoms in total. The number of thiophene rings is 1. The van der Waals surface area contributed by atoms with Crippen LogP contribution < -0.4 is 11.1 Å². The lowest BCUT2D eigenvalue weighted by Crippen LogP contribution is -2.23. The Morgan fingerprint density at radius 1 is 1.15 bits per heavy atom. The van der Waals surface area contributed by atoms with Gasteiger partial charge in [0.1, 0.15) is 10.8 Å². The zero-order valence-corrected chi connectivity index (χ0v) is 15.4. The zero-order chi connectivity index (χ0) is 19.4. The lowest BCUT2D eigenvalue weighted by molar-refractivity contribution is -0.146. The number of hydrogen-bond acceptors (Lipinski definition) is 5. The fourth-order valence-corrected chi connectivity index (χ4v) is 4.35. The summed E-state index contributed by atoms with van der Waals surface area (Å²) >= 11 is 1.35. The molecule has 27 heavy (non-hydrogen) atoms. The van der Waals surface area contributed by atoms with Gasteiger partial charge in [-0.15, -0.1) is 11.3 Å². The third-order valence-electron chi connectivity index (χ3n) is 4.30. The van der Waals surface area contributed by atoms with Gasteiger partial charge in [-0.3, -0.25) is 14.4 Å². The largest absolute Gasteiger partial charge is 0.455 e. The summed E-state index contributed by atoms with van der Waals surface area (Å²) in [7, 11) is 0. The number of primary amides is 1. The second kappa shape index (κ2) is 8.30. The van der Waals surface area contributed by atoms with E-state index in [0.29, 0.717) is 16.1 Å². The topological polar surface area (TPSA) is 98.5 Å². The molecular formula is C19H19FN2O4S. The molecule has 0 unspecified atom stereocenters. The highest BCUT2D eigenvalue weighted by Crippen LogP contribution is 2.37. The molecule has 0 radical (unpaired) electrons. The number of carbonyl (C=O) groups is 3. The first-order valence-corrected chi connectivity index (χ1v) is 9.40. The van der Waals surface area contributed by atoms with Gasteiger partial charge in [-0.05, 0) is 48.9 Å². The molecule has 0 saturated heterocycles. The van der Waals surface area contributed by atoms with Crippen LogP contribution in [0.15, 0.2) is 24.3 Å². The molecule has 2 aromatic rings. The maximum absolute atomic E-state index is 12.9. The summed E-state index contributed by atoms with van der Waals surface area (Å²) in [6.07, 6.45) is 3.60. The van der Waals surface area contributed by atoms with E-state index in [9.17, 15) is 18.8 Å². The molecule has 0 saturated carbocycles. The molecule has 0 fully saturated rings. The molecule has 0 bridgehead atoms. The highest BCUT2D eigenvalue weighted by atomic mass is 32.1. The van der Waals surface area contributed by atoms with Crippen LogP contribution in [-0.2, 0) is 33.6 Å². The van der Waals surface area contributed by atoms with Crippen molar-refractivity contribution in [3.8, 4) is 0 Å². The van der Waals surface area contributed by atoms with Crippen molar-refractivity contribution in [1.82, 2.24) is 0 Å². The number of nitrogens with two attached hydrogens (primary N) is 1. The van der Waals surface area contributed by atoms with Crippen LogP contribution in [0.5, 0.6) is 0 Å². The molecule has 0 spiro atoms. The van der Waals surface area contributed by atoms with E-state index in [2.05, 4.69) is 5.32 Å². The van der Waals surface area contributed by atoms with Gasteiger partial charge in [0.2, 0.25) is 0 Å². The van der Waals surface area contributed by atoms with Crippen molar-refractivity contribution in [2.45, 2.75) is 32.1 Å². The summed E-state index contributed by atoms with van der Waals surface area (Å²) in [5.74, 6) is -2.10. The molecule has 8 heteroatoms. The molecule has 1 aromatic carbocycles. The smallest absolute Gasteiger partial charge is 0.310 e. The molecule has 3 N–H and O–H groups in total. The maximum atomic E-state index is 12.9. The van der Waals surface area contributed by atoms with Gasteiger partial charge < -0.3 is 15.8 Å². The van der Waals surface area contributed by atoms with Crippen LogP contribution in [0.4, 0.5) is 9.39 Å². The Morgan fingerprint density at radius 2 is 1.85 bits per heavy atom. The summed E-state index contributed by atoms with van der Waals surface area (Å²) in [6, 6.07) is 5.45. The van der Waals surface area contributed by atoms with E-state index in [0.717, 1.165) is 36.1 Å². The van der Waals surface area contributed by atoms with Gasteiger partial charge in [-0.25, -0.2) is 4.39 Å². The number of carbonyl (C=O) groups excluding carboxylic acids is 3. The molecule has 142 valence electrons. The molecule has 3 rings (SSSR count). The first-order chi connectivity index (χ1) is 12.9. The minimum atomic E-state index is -0.600. The molecular weight excluding hydrogens is 371 g/mol. The molecule has 1 aromatic heterocycles. The van der Waals surface area contributed by atoms with Crippen LogP contribution in [0.25, 0.3) is 0 Å². The third-order valence-corrected chi connectivity index (χ3v) is 5.50. The Labute approximate surface area is 159 Å². The highest BCUT2D eigenvalue weighted by Gasteiger charge is 2.25. The first kappa shape index (κ1) is 19.0. The first-order valence-electron chi connectivity index (χ1n) is 8.58. The van der Waals surface area contributed by atoms with Crippen molar-refractivity contribution >= 4 is 34.1 Å². The molecule has 0 aliphatic heterocycles. The normalized spacial score (nSPS) is 12.9. The van der Waals surface area contributed by atoms with E-state index in [1.165, 1.54) is 35.6 Å². The number of halogens is 1. The van der Waals surface area contributed by atoms with E-state index < -0.39 is 30.2 Å². The van der Waals surface area contributed by atoms with E-state index in [4.69, 9.17) is 10.5 Å². The van der Waals surface area contributed by atoms with Gasteiger partial charge in [0.15, 0.2) is 6.61 Å². The Kier molecular flexibility index (Phi) is 5.85. The predicted molar refractivity (Wildman–Crippen MR) is 99.2 cm³/mol. The maximum Gasteiger partial charge on any atom is 0.310 e.